The first kappa shape index (κ1) is 25.7. The standard InChI is InChI=1S/C22H32N4O5S2/c1-16(2)13-25(14-17(3)4)20(27)15-32-22-24-23-21(31-22)18-6-5-7-19(12-18)33(28,29)26-8-10-30-11-9-26/h5-7,12,16-17H,8-11,13-15H2,1-4H3. The number of ether oxygens (including phenoxy) is 1. The molecule has 1 saturated heterocycles. The summed E-state index contributed by atoms with van der Waals surface area (Å²) in [5, 5.41) is 8.35. The van der Waals surface area contributed by atoms with Crippen molar-refractivity contribution in [1.29, 1.82) is 0 Å². The number of rotatable bonds is 10. The monoisotopic (exact) mass is 496 g/mol. The Bertz CT molecular complexity index is 1020. The average molecular weight is 497 g/mol. The minimum atomic E-state index is -3.63. The normalized spacial score (nSPS) is 15.3. The maximum absolute atomic E-state index is 12.9. The van der Waals surface area contributed by atoms with E-state index in [1.807, 2.05) is 4.90 Å². The molecule has 0 radical (unpaired) electrons. The lowest BCUT2D eigenvalue weighted by Crippen LogP contribution is -2.40. The Morgan fingerprint density at radius 3 is 2.42 bits per heavy atom. The second-order valence-electron chi connectivity index (χ2n) is 8.79. The Morgan fingerprint density at radius 2 is 1.79 bits per heavy atom. The van der Waals surface area contributed by atoms with Crippen molar-refractivity contribution in [2.24, 2.45) is 11.8 Å². The SMILES string of the molecule is CC(C)CN(CC(C)C)C(=O)CSc1nnc(-c2cccc(S(=O)(=O)N3CCOCC3)c2)o1. The molecule has 3 rings (SSSR count). The Balaban J connectivity index is 1.68. The smallest absolute Gasteiger partial charge is 0.277 e. The van der Waals surface area contributed by atoms with Crippen molar-refractivity contribution in [3.63, 3.8) is 0 Å². The number of sulfonamides is 1. The van der Waals surface area contributed by atoms with E-state index < -0.39 is 10.0 Å². The van der Waals surface area contributed by atoms with Crippen LogP contribution in [0.3, 0.4) is 0 Å². The first-order chi connectivity index (χ1) is 15.7. The second kappa shape index (κ2) is 11.5. The lowest BCUT2D eigenvalue weighted by molar-refractivity contribution is -0.129. The molecule has 0 atom stereocenters. The van der Waals surface area contributed by atoms with Crippen molar-refractivity contribution in [3.05, 3.63) is 24.3 Å². The predicted molar refractivity (Wildman–Crippen MR) is 126 cm³/mol. The van der Waals surface area contributed by atoms with Gasteiger partial charge in [0.25, 0.3) is 5.22 Å². The van der Waals surface area contributed by atoms with E-state index in [4.69, 9.17) is 9.15 Å². The molecule has 1 aliphatic heterocycles. The average Bonchev–Trinajstić information content (AvgIpc) is 3.26. The highest BCUT2D eigenvalue weighted by molar-refractivity contribution is 7.99. The van der Waals surface area contributed by atoms with E-state index in [2.05, 4.69) is 37.9 Å². The van der Waals surface area contributed by atoms with Crippen molar-refractivity contribution in [1.82, 2.24) is 19.4 Å². The van der Waals surface area contributed by atoms with Crippen molar-refractivity contribution in [2.45, 2.75) is 37.8 Å². The van der Waals surface area contributed by atoms with Crippen LogP contribution in [-0.4, -0.2) is 78.9 Å². The summed E-state index contributed by atoms with van der Waals surface area (Å²) in [5.41, 5.74) is 0.510. The van der Waals surface area contributed by atoms with Crippen LogP contribution in [0.25, 0.3) is 11.5 Å². The third-order valence-electron chi connectivity index (χ3n) is 4.94. The number of thioether (sulfide) groups is 1. The molecule has 11 heteroatoms. The van der Waals surface area contributed by atoms with Crippen LogP contribution in [0.5, 0.6) is 0 Å². The molecule has 1 amide bonds. The molecule has 182 valence electrons. The molecule has 0 unspecified atom stereocenters. The molecule has 2 aromatic rings. The van der Waals surface area contributed by atoms with E-state index in [1.165, 1.54) is 22.1 Å². The number of carbonyl (C=O) groups excluding carboxylic acids is 1. The molecule has 0 saturated carbocycles. The molecule has 0 spiro atoms. The maximum Gasteiger partial charge on any atom is 0.277 e. The number of hydrogen-bond acceptors (Lipinski definition) is 8. The minimum absolute atomic E-state index is 0.0285. The van der Waals surface area contributed by atoms with Crippen LogP contribution >= 0.6 is 11.8 Å². The lowest BCUT2D eigenvalue weighted by atomic mass is 10.1. The summed E-state index contributed by atoms with van der Waals surface area (Å²) >= 11 is 1.19. The van der Waals surface area contributed by atoms with Crippen LogP contribution in [0, 0.1) is 11.8 Å². The number of nitrogens with zero attached hydrogens (tertiary/aromatic N) is 4. The summed E-state index contributed by atoms with van der Waals surface area (Å²) in [6.45, 7) is 11.2. The first-order valence-electron chi connectivity index (χ1n) is 11.1. The summed E-state index contributed by atoms with van der Waals surface area (Å²) in [6.07, 6.45) is 0. The van der Waals surface area contributed by atoms with Gasteiger partial charge in [0.2, 0.25) is 21.8 Å². The number of morpholine rings is 1. The topological polar surface area (TPSA) is 106 Å². The van der Waals surface area contributed by atoms with Crippen molar-refractivity contribution in [2.75, 3.05) is 45.1 Å². The van der Waals surface area contributed by atoms with Crippen molar-refractivity contribution >= 4 is 27.7 Å². The van der Waals surface area contributed by atoms with Crippen LogP contribution in [-0.2, 0) is 19.6 Å². The van der Waals surface area contributed by atoms with Gasteiger partial charge in [0.1, 0.15) is 0 Å². The van der Waals surface area contributed by atoms with E-state index in [-0.39, 0.29) is 27.7 Å². The fourth-order valence-corrected chi connectivity index (χ4v) is 5.61. The van der Waals surface area contributed by atoms with Gasteiger partial charge in [-0.3, -0.25) is 4.79 Å². The van der Waals surface area contributed by atoms with Gasteiger partial charge >= 0.3 is 0 Å². The van der Waals surface area contributed by atoms with E-state index in [0.29, 0.717) is 56.8 Å². The molecule has 1 fully saturated rings. The van der Waals surface area contributed by atoms with Crippen molar-refractivity contribution < 1.29 is 22.4 Å². The highest BCUT2D eigenvalue weighted by Crippen LogP contribution is 2.27. The van der Waals surface area contributed by atoms with E-state index in [1.54, 1.807) is 18.2 Å². The number of benzene rings is 1. The number of amides is 1. The quantitative estimate of drug-likeness (QED) is 0.462. The molecule has 1 aliphatic rings. The second-order valence-corrected chi connectivity index (χ2v) is 11.7. The van der Waals surface area contributed by atoms with E-state index >= 15 is 0 Å². The molecular weight excluding hydrogens is 464 g/mol. The van der Waals surface area contributed by atoms with Gasteiger partial charge in [-0.25, -0.2) is 8.42 Å². The number of aromatic nitrogens is 2. The van der Waals surface area contributed by atoms with Crippen LogP contribution in [0.4, 0.5) is 0 Å². The summed E-state index contributed by atoms with van der Waals surface area (Å²) in [4.78, 5) is 14.7. The molecule has 2 heterocycles. The predicted octanol–water partition coefficient (Wildman–Crippen LogP) is 2.99. The first-order valence-corrected chi connectivity index (χ1v) is 13.5. The Morgan fingerprint density at radius 1 is 1.12 bits per heavy atom. The summed E-state index contributed by atoms with van der Waals surface area (Å²) in [5.74, 6) is 1.21. The fraction of sp³-hybridized carbons (Fsp3) is 0.591. The van der Waals surface area contributed by atoms with E-state index in [9.17, 15) is 13.2 Å². The van der Waals surface area contributed by atoms with Gasteiger partial charge in [0, 0.05) is 31.7 Å². The Labute approximate surface area is 199 Å². The Kier molecular flexibility index (Phi) is 8.91. The zero-order valence-electron chi connectivity index (χ0n) is 19.6. The van der Waals surface area contributed by atoms with Gasteiger partial charge in [0.05, 0.1) is 23.9 Å². The van der Waals surface area contributed by atoms with Gasteiger partial charge in [-0.2, -0.15) is 4.31 Å². The summed E-state index contributed by atoms with van der Waals surface area (Å²) in [7, 11) is -3.63. The van der Waals surface area contributed by atoms with Gasteiger partial charge in [-0.05, 0) is 30.0 Å². The summed E-state index contributed by atoms with van der Waals surface area (Å²) < 4.78 is 38.2. The van der Waals surface area contributed by atoms with Gasteiger partial charge < -0.3 is 14.1 Å². The molecular formula is C22H32N4O5S2. The number of hydrogen-bond donors (Lipinski definition) is 0. The maximum atomic E-state index is 12.9. The minimum Gasteiger partial charge on any atom is -0.411 e. The molecule has 1 aromatic heterocycles. The number of carbonyl (C=O) groups is 1. The molecule has 0 aliphatic carbocycles. The molecule has 1 aromatic carbocycles. The lowest BCUT2D eigenvalue weighted by Gasteiger charge is -2.26. The van der Waals surface area contributed by atoms with Crippen LogP contribution in [0.1, 0.15) is 27.7 Å². The highest BCUT2D eigenvalue weighted by Gasteiger charge is 2.27. The third kappa shape index (κ3) is 7.02. The van der Waals surface area contributed by atoms with Gasteiger partial charge in [-0.1, -0.05) is 45.5 Å². The zero-order valence-corrected chi connectivity index (χ0v) is 21.2. The summed E-state index contributed by atoms with van der Waals surface area (Å²) in [6, 6.07) is 6.46. The molecule has 0 N–H and O–H groups in total. The van der Waals surface area contributed by atoms with Crippen LogP contribution < -0.4 is 0 Å². The molecule has 33 heavy (non-hydrogen) atoms. The van der Waals surface area contributed by atoms with Crippen LogP contribution in [0.15, 0.2) is 38.8 Å². The molecule has 0 bridgehead atoms. The van der Waals surface area contributed by atoms with Crippen LogP contribution in [0.2, 0.25) is 0 Å². The third-order valence-corrected chi connectivity index (χ3v) is 7.64. The largest absolute Gasteiger partial charge is 0.411 e. The zero-order chi connectivity index (χ0) is 24.0. The fourth-order valence-electron chi connectivity index (χ4n) is 3.48. The van der Waals surface area contributed by atoms with Gasteiger partial charge in [0.15, 0.2) is 0 Å². The highest BCUT2D eigenvalue weighted by atomic mass is 32.2. The van der Waals surface area contributed by atoms with Gasteiger partial charge in [-0.15, -0.1) is 10.2 Å². The Hall–Kier alpha value is -1.95. The van der Waals surface area contributed by atoms with E-state index in [0.717, 1.165) is 0 Å². The van der Waals surface area contributed by atoms with Crippen molar-refractivity contribution in [3.8, 4) is 11.5 Å². The molecule has 9 nitrogen and oxygen atoms in total.